The Kier molecular flexibility index (Phi) is 5.09. The lowest BCUT2D eigenvalue weighted by Crippen LogP contribution is -3.08. The molecule has 3 aromatic rings. The molecule has 0 aliphatic rings. The van der Waals surface area contributed by atoms with Crippen LogP contribution in [0.15, 0.2) is 53.1 Å². The van der Waals surface area contributed by atoms with E-state index in [-0.39, 0.29) is 11.3 Å². The van der Waals surface area contributed by atoms with Gasteiger partial charge in [-0.2, -0.15) is 0 Å². The van der Waals surface area contributed by atoms with Crippen molar-refractivity contribution < 1.29 is 14.2 Å². The predicted octanol–water partition coefficient (Wildman–Crippen LogP) is 2.78. The third-order valence-electron chi connectivity index (χ3n) is 4.32. The molecule has 3 rings (SSSR count). The van der Waals surface area contributed by atoms with E-state index in [1.165, 1.54) is 16.3 Å². The molecule has 26 heavy (non-hydrogen) atoms. The van der Waals surface area contributed by atoms with Crippen molar-refractivity contribution in [3.05, 3.63) is 59.8 Å². The van der Waals surface area contributed by atoms with Crippen LogP contribution in [0.1, 0.15) is 32.0 Å². The Bertz CT molecular complexity index is 909. The summed E-state index contributed by atoms with van der Waals surface area (Å²) in [7, 11) is 2.01. The summed E-state index contributed by atoms with van der Waals surface area (Å²) in [5, 5.41) is 9.26. The number of rotatable bonds is 5. The number of nitrogens with zero attached hydrogens (tertiary/aromatic N) is 1. The number of quaternary nitrogens is 1. The van der Waals surface area contributed by atoms with E-state index in [1.807, 2.05) is 19.2 Å². The van der Waals surface area contributed by atoms with Gasteiger partial charge in [0.15, 0.2) is 6.54 Å². The largest absolute Gasteiger partial charge is 0.338 e. The van der Waals surface area contributed by atoms with E-state index in [4.69, 9.17) is 4.52 Å². The number of hydrogen-bond donors (Lipinski definition) is 2. The van der Waals surface area contributed by atoms with Crippen LogP contribution in [-0.4, -0.2) is 24.7 Å². The summed E-state index contributed by atoms with van der Waals surface area (Å²) in [6.45, 7) is 7.30. The maximum atomic E-state index is 12.3. The molecule has 1 amide bonds. The van der Waals surface area contributed by atoms with Crippen molar-refractivity contribution in [3.63, 3.8) is 0 Å². The Morgan fingerprint density at radius 3 is 2.54 bits per heavy atom. The average molecular weight is 352 g/mol. The van der Waals surface area contributed by atoms with Crippen LogP contribution in [0.5, 0.6) is 0 Å². The summed E-state index contributed by atoms with van der Waals surface area (Å²) in [6, 6.07) is 16.5. The molecule has 2 N–H and O–H groups in total. The Balaban J connectivity index is 1.57. The monoisotopic (exact) mass is 352 g/mol. The van der Waals surface area contributed by atoms with Crippen molar-refractivity contribution in [1.82, 2.24) is 5.16 Å². The molecule has 0 radical (unpaired) electrons. The molecule has 5 heteroatoms. The lowest BCUT2D eigenvalue weighted by Gasteiger charge is -2.14. The second kappa shape index (κ2) is 7.30. The quantitative estimate of drug-likeness (QED) is 0.742. The van der Waals surface area contributed by atoms with Gasteiger partial charge >= 0.3 is 0 Å². The van der Waals surface area contributed by atoms with E-state index < -0.39 is 0 Å². The van der Waals surface area contributed by atoms with Crippen molar-refractivity contribution >= 4 is 22.6 Å². The average Bonchev–Trinajstić information content (AvgIpc) is 3.03. The smallest absolute Gasteiger partial charge is 0.281 e. The Morgan fingerprint density at radius 2 is 1.85 bits per heavy atom. The lowest BCUT2D eigenvalue weighted by atomic mass is 9.92. The second-order valence-electron chi connectivity index (χ2n) is 7.87. The first-order valence-corrected chi connectivity index (χ1v) is 8.87. The van der Waals surface area contributed by atoms with Gasteiger partial charge in [-0.25, -0.2) is 0 Å². The van der Waals surface area contributed by atoms with Crippen LogP contribution in [0.25, 0.3) is 10.8 Å². The van der Waals surface area contributed by atoms with Crippen molar-refractivity contribution in [2.75, 3.05) is 18.9 Å². The summed E-state index contributed by atoms with van der Waals surface area (Å²) >= 11 is 0. The molecule has 5 nitrogen and oxygen atoms in total. The zero-order valence-corrected chi connectivity index (χ0v) is 15.8. The molecule has 0 saturated heterocycles. The third-order valence-corrected chi connectivity index (χ3v) is 4.32. The van der Waals surface area contributed by atoms with E-state index in [0.29, 0.717) is 12.4 Å². The standard InChI is InChI=1S/C21H25N3O2/c1-21(2,3)18-12-20(26-23-18)22-19(25)14-24(4)13-15-9-10-16-7-5-6-8-17(16)11-15/h5-12H,13-14H2,1-4H3,(H,22,25)/p+1. The summed E-state index contributed by atoms with van der Waals surface area (Å²) in [5.41, 5.74) is 1.93. The van der Waals surface area contributed by atoms with Gasteiger partial charge in [0.1, 0.15) is 6.54 Å². The van der Waals surface area contributed by atoms with Gasteiger partial charge in [0.05, 0.1) is 12.7 Å². The molecule has 0 aliphatic heterocycles. The highest BCUT2D eigenvalue weighted by molar-refractivity contribution is 5.90. The highest BCUT2D eigenvalue weighted by atomic mass is 16.5. The fraction of sp³-hybridized carbons (Fsp3) is 0.333. The van der Waals surface area contributed by atoms with Gasteiger partial charge in [0.2, 0.25) is 5.88 Å². The van der Waals surface area contributed by atoms with Crippen LogP contribution in [0.3, 0.4) is 0 Å². The second-order valence-corrected chi connectivity index (χ2v) is 7.87. The summed E-state index contributed by atoms with van der Waals surface area (Å²) < 4.78 is 5.22. The van der Waals surface area contributed by atoms with Crippen LogP contribution in [-0.2, 0) is 16.8 Å². The first kappa shape index (κ1) is 18.1. The fourth-order valence-corrected chi connectivity index (χ4v) is 2.90. The first-order chi connectivity index (χ1) is 12.3. The summed E-state index contributed by atoms with van der Waals surface area (Å²) in [5.74, 6) is 0.318. The number of benzene rings is 2. The molecule has 136 valence electrons. The van der Waals surface area contributed by atoms with Crippen LogP contribution in [0, 0.1) is 0 Å². The van der Waals surface area contributed by atoms with Gasteiger partial charge in [-0.3, -0.25) is 10.1 Å². The van der Waals surface area contributed by atoms with Crippen molar-refractivity contribution in [2.45, 2.75) is 32.7 Å². The molecule has 0 aliphatic carbocycles. The number of fused-ring (bicyclic) bond motifs is 1. The molecule has 2 aromatic carbocycles. The molecule has 0 saturated carbocycles. The van der Waals surface area contributed by atoms with Gasteiger partial charge in [-0.1, -0.05) is 62.3 Å². The van der Waals surface area contributed by atoms with Crippen molar-refractivity contribution in [3.8, 4) is 0 Å². The number of likely N-dealkylation sites (N-methyl/N-ethyl adjacent to an activating group) is 1. The predicted molar refractivity (Wildman–Crippen MR) is 103 cm³/mol. The summed E-state index contributed by atoms with van der Waals surface area (Å²) in [4.78, 5) is 13.4. The topological polar surface area (TPSA) is 59.6 Å². The minimum Gasteiger partial charge on any atom is -0.338 e. The van der Waals surface area contributed by atoms with Crippen molar-refractivity contribution in [1.29, 1.82) is 0 Å². The van der Waals surface area contributed by atoms with Gasteiger partial charge in [0, 0.05) is 17.0 Å². The normalized spacial score (nSPS) is 12.9. The molecular formula is C21H26N3O2+. The maximum absolute atomic E-state index is 12.3. The van der Waals surface area contributed by atoms with E-state index in [9.17, 15) is 4.79 Å². The molecule has 0 fully saturated rings. The van der Waals surface area contributed by atoms with E-state index in [1.54, 1.807) is 6.07 Å². The third kappa shape index (κ3) is 4.49. The minimum atomic E-state index is -0.107. The van der Waals surface area contributed by atoms with Gasteiger partial charge < -0.3 is 9.42 Å². The number of carbonyl (C=O) groups is 1. The number of aromatic nitrogens is 1. The molecule has 0 spiro atoms. The van der Waals surface area contributed by atoms with E-state index in [2.05, 4.69) is 61.6 Å². The molecular weight excluding hydrogens is 326 g/mol. The first-order valence-electron chi connectivity index (χ1n) is 8.87. The fourth-order valence-electron chi connectivity index (χ4n) is 2.90. The highest BCUT2D eigenvalue weighted by Gasteiger charge is 2.20. The molecule has 0 bridgehead atoms. The highest BCUT2D eigenvalue weighted by Crippen LogP contribution is 2.23. The van der Waals surface area contributed by atoms with E-state index in [0.717, 1.165) is 17.1 Å². The number of nitrogens with one attached hydrogen (secondary N) is 2. The van der Waals surface area contributed by atoms with Gasteiger partial charge in [-0.15, -0.1) is 0 Å². The van der Waals surface area contributed by atoms with Gasteiger partial charge in [0.25, 0.3) is 5.91 Å². The summed E-state index contributed by atoms with van der Waals surface area (Å²) in [6.07, 6.45) is 0. The number of amides is 1. The Hall–Kier alpha value is -2.66. The Labute approximate surface area is 154 Å². The van der Waals surface area contributed by atoms with Crippen molar-refractivity contribution in [2.24, 2.45) is 0 Å². The molecule has 1 heterocycles. The molecule has 1 atom stereocenters. The molecule has 1 aromatic heterocycles. The SMILES string of the molecule is C[NH+](CC(=O)Nc1cc(C(C)(C)C)no1)Cc1ccc2ccccc2c1. The minimum absolute atomic E-state index is 0.0834. The lowest BCUT2D eigenvalue weighted by molar-refractivity contribution is -0.885. The van der Waals surface area contributed by atoms with Crippen LogP contribution in [0.4, 0.5) is 5.88 Å². The number of hydrogen-bond acceptors (Lipinski definition) is 3. The zero-order chi connectivity index (χ0) is 18.7. The van der Waals surface area contributed by atoms with Crippen LogP contribution >= 0.6 is 0 Å². The number of anilines is 1. The van der Waals surface area contributed by atoms with E-state index >= 15 is 0 Å². The Morgan fingerprint density at radius 1 is 1.12 bits per heavy atom. The zero-order valence-electron chi connectivity index (χ0n) is 15.8. The van der Waals surface area contributed by atoms with Crippen LogP contribution in [0.2, 0.25) is 0 Å². The molecule has 1 unspecified atom stereocenters. The maximum Gasteiger partial charge on any atom is 0.281 e. The van der Waals surface area contributed by atoms with Gasteiger partial charge in [-0.05, 0) is 16.8 Å². The van der Waals surface area contributed by atoms with Crippen LogP contribution < -0.4 is 10.2 Å². The number of carbonyl (C=O) groups excluding carboxylic acids is 1.